The van der Waals surface area contributed by atoms with Crippen molar-refractivity contribution in [3.8, 4) is 0 Å². The second-order valence-electron chi connectivity index (χ2n) is 5.53. The van der Waals surface area contributed by atoms with Crippen molar-refractivity contribution in [1.29, 1.82) is 0 Å². The Morgan fingerprint density at radius 3 is 2.40 bits per heavy atom. The summed E-state index contributed by atoms with van der Waals surface area (Å²) in [5.74, 6) is 2.68. The molecular formula is C13H28N2. The number of nitrogens with one attached hydrogen (secondary N) is 1. The molecule has 1 rings (SSSR count). The molecule has 0 saturated heterocycles. The lowest BCUT2D eigenvalue weighted by Gasteiger charge is -2.31. The van der Waals surface area contributed by atoms with Crippen molar-refractivity contribution in [3.05, 3.63) is 0 Å². The van der Waals surface area contributed by atoms with Gasteiger partial charge < -0.3 is 10.2 Å². The predicted molar refractivity (Wildman–Crippen MR) is 67.1 cm³/mol. The average Bonchev–Trinajstić information content (AvgIpc) is 2.81. The maximum absolute atomic E-state index is 3.47. The molecule has 90 valence electrons. The van der Waals surface area contributed by atoms with E-state index in [1.807, 2.05) is 0 Å². The van der Waals surface area contributed by atoms with Crippen LogP contribution in [-0.4, -0.2) is 37.6 Å². The number of hydrogen-bond donors (Lipinski definition) is 1. The van der Waals surface area contributed by atoms with Gasteiger partial charge in [0, 0.05) is 19.1 Å². The Morgan fingerprint density at radius 2 is 2.00 bits per heavy atom. The molecule has 0 bridgehead atoms. The molecule has 1 fully saturated rings. The van der Waals surface area contributed by atoms with Crippen molar-refractivity contribution in [2.75, 3.05) is 26.7 Å². The summed E-state index contributed by atoms with van der Waals surface area (Å²) in [6.07, 6.45) is 1.44. The van der Waals surface area contributed by atoms with Gasteiger partial charge in [0.25, 0.3) is 0 Å². The Hall–Kier alpha value is -0.0800. The first-order chi connectivity index (χ1) is 7.06. The molecule has 0 spiro atoms. The first-order valence-electron chi connectivity index (χ1n) is 6.47. The van der Waals surface area contributed by atoms with E-state index in [1.54, 1.807) is 0 Å². The molecule has 2 heteroatoms. The Kier molecular flexibility index (Phi) is 5.07. The third-order valence-corrected chi connectivity index (χ3v) is 3.74. The van der Waals surface area contributed by atoms with Crippen LogP contribution in [-0.2, 0) is 0 Å². The zero-order valence-electron chi connectivity index (χ0n) is 11.1. The fourth-order valence-electron chi connectivity index (χ4n) is 2.35. The highest BCUT2D eigenvalue weighted by molar-refractivity contribution is 4.87. The Morgan fingerprint density at radius 1 is 1.40 bits per heavy atom. The summed E-state index contributed by atoms with van der Waals surface area (Å²) >= 11 is 0. The van der Waals surface area contributed by atoms with Crippen LogP contribution in [0.3, 0.4) is 0 Å². The highest BCUT2D eigenvalue weighted by Gasteiger charge is 2.34. The van der Waals surface area contributed by atoms with Gasteiger partial charge in [-0.15, -0.1) is 0 Å². The van der Waals surface area contributed by atoms with Crippen LogP contribution in [0.15, 0.2) is 0 Å². The molecule has 0 aromatic rings. The SMILES string of the molecule is CCNCC(C(C)C)N(C)CC1CC1C. The van der Waals surface area contributed by atoms with Crippen molar-refractivity contribution >= 4 is 0 Å². The van der Waals surface area contributed by atoms with E-state index < -0.39 is 0 Å². The van der Waals surface area contributed by atoms with Gasteiger partial charge in [0.2, 0.25) is 0 Å². The summed E-state index contributed by atoms with van der Waals surface area (Å²) < 4.78 is 0. The van der Waals surface area contributed by atoms with Crippen molar-refractivity contribution in [2.24, 2.45) is 17.8 Å². The molecule has 0 heterocycles. The van der Waals surface area contributed by atoms with Crippen molar-refractivity contribution in [1.82, 2.24) is 10.2 Å². The van der Waals surface area contributed by atoms with Crippen LogP contribution in [0.1, 0.15) is 34.1 Å². The highest BCUT2D eigenvalue weighted by atomic mass is 15.2. The second-order valence-corrected chi connectivity index (χ2v) is 5.53. The summed E-state index contributed by atoms with van der Waals surface area (Å²) in [6.45, 7) is 12.7. The maximum Gasteiger partial charge on any atom is 0.0240 e. The Bertz CT molecular complexity index is 179. The normalized spacial score (nSPS) is 27.4. The highest BCUT2D eigenvalue weighted by Crippen LogP contribution is 2.38. The molecule has 1 aliphatic carbocycles. The molecule has 1 N–H and O–H groups in total. The van der Waals surface area contributed by atoms with Crippen LogP contribution in [0, 0.1) is 17.8 Å². The fourth-order valence-corrected chi connectivity index (χ4v) is 2.35. The molecule has 0 amide bonds. The van der Waals surface area contributed by atoms with Gasteiger partial charge in [0.05, 0.1) is 0 Å². The summed E-state index contributed by atoms with van der Waals surface area (Å²) in [4.78, 5) is 2.56. The lowest BCUT2D eigenvalue weighted by Crippen LogP contribution is -2.44. The average molecular weight is 212 g/mol. The Balaban J connectivity index is 2.32. The number of nitrogens with zero attached hydrogens (tertiary/aromatic N) is 1. The summed E-state index contributed by atoms with van der Waals surface area (Å²) in [5, 5.41) is 3.47. The van der Waals surface area contributed by atoms with Gasteiger partial charge in [0.15, 0.2) is 0 Å². The van der Waals surface area contributed by atoms with E-state index >= 15 is 0 Å². The second kappa shape index (κ2) is 5.86. The largest absolute Gasteiger partial charge is 0.315 e. The fraction of sp³-hybridized carbons (Fsp3) is 1.00. The van der Waals surface area contributed by atoms with Crippen LogP contribution in [0.25, 0.3) is 0 Å². The maximum atomic E-state index is 3.47. The Labute approximate surface area is 95.4 Å². The third kappa shape index (κ3) is 4.12. The van der Waals surface area contributed by atoms with Gasteiger partial charge in [-0.1, -0.05) is 27.7 Å². The van der Waals surface area contributed by atoms with Crippen LogP contribution in [0.2, 0.25) is 0 Å². The quantitative estimate of drug-likeness (QED) is 0.696. The van der Waals surface area contributed by atoms with Gasteiger partial charge in [-0.2, -0.15) is 0 Å². The summed E-state index contributed by atoms with van der Waals surface area (Å²) in [7, 11) is 2.28. The first-order valence-corrected chi connectivity index (χ1v) is 6.47. The standard InChI is InChI=1S/C13H28N2/c1-6-14-8-13(10(2)3)15(5)9-12-7-11(12)4/h10-14H,6-9H2,1-5H3. The van der Waals surface area contributed by atoms with Crippen molar-refractivity contribution in [2.45, 2.75) is 40.2 Å². The van der Waals surface area contributed by atoms with Crippen LogP contribution < -0.4 is 5.32 Å². The molecule has 0 aliphatic heterocycles. The van der Waals surface area contributed by atoms with Crippen molar-refractivity contribution in [3.63, 3.8) is 0 Å². The molecule has 3 atom stereocenters. The molecular weight excluding hydrogens is 184 g/mol. The van der Waals surface area contributed by atoms with Crippen LogP contribution in [0.5, 0.6) is 0 Å². The van der Waals surface area contributed by atoms with E-state index in [9.17, 15) is 0 Å². The van der Waals surface area contributed by atoms with E-state index in [4.69, 9.17) is 0 Å². The van der Waals surface area contributed by atoms with E-state index in [0.717, 1.165) is 30.8 Å². The summed E-state index contributed by atoms with van der Waals surface area (Å²) in [5.41, 5.74) is 0. The van der Waals surface area contributed by atoms with Crippen LogP contribution in [0.4, 0.5) is 0 Å². The smallest absolute Gasteiger partial charge is 0.0240 e. The molecule has 0 aromatic carbocycles. The van der Waals surface area contributed by atoms with Gasteiger partial charge >= 0.3 is 0 Å². The number of rotatable bonds is 7. The van der Waals surface area contributed by atoms with Gasteiger partial charge in [-0.25, -0.2) is 0 Å². The van der Waals surface area contributed by atoms with E-state index in [1.165, 1.54) is 13.0 Å². The predicted octanol–water partition coefficient (Wildman–Crippen LogP) is 2.21. The lowest BCUT2D eigenvalue weighted by molar-refractivity contribution is 0.179. The van der Waals surface area contributed by atoms with Gasteiger partial charge in [-0.3, -0.25) is 0 Å². The minimum atomic E-state index is 0.692. The van der Waals surface area contributed by atoms with E-state index in [-0.39, 0.29) is 0 Å². The third-order valence-electron chi connectivity index (χ3n) is 3.74. The minimum absolute atomic E-state index is 0.692. The monoisotopic (exact) mass is 212 g/mol. The lowest BCUT2D eigenvalue weighted by atomic mass is 10.0. The minimum Gasteiger partial charge on any atom is -0.315 e. The molecule has 3 unspecified atom stereocenters. The molecule has 0 aromatic heterocycles. The van der Waals surface area contributed by atoms with Gasteiger partial charge in [-0.05, 0) is 37.8 Å². The zero-order chi connectivity index (χ0) is 11.4. The number of likely N-dealkylation sites (N-methyl/N-ethyl adjacent to an activating group) is 2. The van der Waals surface area contributed by atoms with E-state index in [2.05, 4.69) is 45.0 Å². The molecule has 0 radical (unpaired) electrons. The van der Waals surface area contributed by atoms with Crippen molar-refractivity contribution < 1.29 is 0 Å². The topological polar surface area (TPSA) is 15.3 Å². The molecule has 15 heavy (non-hydrogen) atoms. The van der Waals surface area contributed by atoms with Crippen LogP contribution >= 0.6 is 0 Å². The molecule has 2 nitrogen and oxygen atoms in total. The van der Waals surface area contributed by atoms with Gasteiger partial charge in [0.1, 0.15) is 0 Å². The summed E-state index contributed by atoms with van der Waals surface area (Å²) in [6, 6.07) is 0.692. The van der Waals surface area contributed by atoms with E-state index in [0.29, 0.717) is 6.04 Å². The molecule has 1 aliphatic rings. The number of hydrogen-bond acceptors (Lipinski definition) is 2. The molecule has 1 saturated carbocycles. The zero-order valence-corrected chi connectivity index (χ0v) is 11.1. The first kappa shape index (κ1) is 13.0.